The molecule has 2 aromatic carbocycles. The van der Waals surface area contributed by atoms with Gasteiger partial charge in [-0.25, -0.2) is 9.97 Å². The topological polar surface area (TPSA) is 46.1 Å². The number of hydrogen-bond donors (Lipinski definition) is 0. The van der Waals surface area contributed by atoms with Crippen molar-refractivity contribution in [3.63, 3.8) is 0 Å². The number of rotatable bonds is 1. The first-order valence-electron chi connectivity index (χ1n) is 8.35. The molecule has 0 saturated carbocycles. The first kappa shape index (κ1) is 16.1. The normalized spacial score (nSPS) is 16.8. The molecular weight excluding hydrogens is 330 g/mol. The van der Waals surface area contributed by atoms with Crippen molar-refractivity contribution in [2.24, 2.45) is 0 Å². The van der Waals surface area contributed by atoms with Crippen LogP contribution in [-0.2, 0) is 0 Å². The van der Waals surface area contributed by atoms with Crippen LogP contribution in [-0.4, -0.2) is 27.7 Å². The van der Waals surface area contributed by atoms with Crippen molar-refractivity contribution < 1.29 is 4.79 Å². The van der Waals surface area contributed by atoms with Crippen LogP contribution in [0.2, 0.25) is 0 Å². The summed E-state index contributed by atoms with van der Waals surface area (Å²) in [5, 5.41) is 0.365. The zero-order valence-electron chi connectivity index (χ0n) is 14.5. The summed E-state index contributed by atoms with van der Waals surface area (Å²) in [6, 6.07) is 13.7. The van der Waals surface area contributed by atoms with Crippen molar-refractivity contribution in [3.05, 3.63) is 59.4 Å². The van der Waals surface area contributed by atoms with Gasteiger partial charge in [-0.05, 0) is 44.2 Å². The molecule has 2 heterocycles. The molecule has 25 heavy (non-hydrogen) atoms. The Kier molecular flexibility index (Phi) is 3.96. The molecule has 5 heteroatoms. The standard InChI is InChI=1S/C20H19N3OS/c1-12-11-23(18-6-4-5-7-19(18)25-12)20(24)15-8-9-16-17(10-15)22-14(3)13(2)21-16/h4-10,12H,11H2,1-3H3. The number of benzene rings is 2. The van der Waals surface area contributed by atoms with E-state index in [1.165, 1.54) is 0 Å². The van der Waals surface area contributed by atoms with Crippen LogP contribution in [0.15, 0.2) is 47.4 Å². The van der Waals surface area contributed by atoms with E-state index in [1.807, 2.05) is 66.9 Å². The third-order valence-corrected chi connectivity index (χ3v) is 5.64. The van der Waals surface area contributed by atoms with E-state index < -0.39 is 0 Å². The second-order valence-corrected chi connectivity index (χ2v) is 7.89. The van der Waals surface area contributed by atoms with Gasteiger partial charge in [0.2, 0.25) is 0 Å². The van der Waals surface area contributed by atoms with Gasteiger partial charge in [-0.3, -0.25) is 4.79 Å². The van der Waals surface area contributed by atoms with Crippen molar-refractivity contribution >= 4 is 34.4 Å². The van der Waals surface area contributed by atoms with Gasteiger partial charge in [0.15, 0.2) is 0 Å². The van der Waals surface area contributed by atoms with Crippen LogP contribution in [0.5, 0.6) is 0 Å². The summed E-state index contributed by atoms with van der Waals surface area (Å²) in [7, 11) is 0. The van der Waals surface area contributed by atoms with E-state index in [0.717, 1.165) is 33.0 Å². The van der Waals surface area contributed by atoms with Gasteiger partial charge in [-0.2, -0.15) is 0 Å². The molecule has 126 valence electrons. The third-order valence-electron chi connectivity index (χ3n) is 4.49. The minimum atomic E-state index is 0.0153. The summed E-state index contributed by atoms with van der Waals surface area (Å²) in [4.78, 5) is 25.3. The van der Waals surface area contributed by atoms with Crippen molar-refractivity contribution in [1.29, 1.82) is 0 Å². The Morgan fingerprint density at radius 1 is 1.08 bits per heavy atom. The van der Waals surface area contributed by atoms with Gasteiger partial charge in [0.25, 0.3) is 5.91 Å². The van der Waals surface area contributed by atoms with E-state index in [1.54, 1.807) is 0 Å². The number of nitrogens with zero attached hydrogens (tertiary/aromatic N) is 3. The van der Waals surface area contributed by atoms with Gasteiger partial charge in [0.1, 0.15) is 0 Å². The fourth-order valence-electron chi connectivity index (χ4n) is 3.10. The lowest BCUT2D eigenvalue weighted by molar-refractivity contribution is 0.0986. The van der Waals surface area contributed by atoms with Crippen LogP contribution < -0.4 is 4.90 Å². The second-order valence-electron chi connectivity index (χ2n) is 6.41. The highest BCUT2D eigenvalue weighted by Gasteiger charge is 2.27. The summed E-state index contributed by atoms with van der Waals surface area (Å²) in [6.07, 6.45) is 0. The average Bonchev–Trinajstić information content (AvgIpc) is 2.61. The molecule has 0 saturated heterocycles. The molecule has 1 amide bonds. The first-order valence-corrected chi connectivity index (χ1v) is 9.23. The predicted molar refractivity (Wildman–Crippen MR) is 102 cm³/mol. The molecule has 3 aromatic rings. The van der Waals surface area contributed by atoms with E-state index in [9.17, 15) is 4.79 Å². The van der Waals surface area contributed by atoms with Crippen LogP contribution in [0.1, 0.15) is 28.7 Å². The molecule has 0 radical (unpaired) electrons. The van der Waals surface area contributed by atoms with E-state index in [4.69, 9.17) is 0 Å². The Morgan fingerprint density at radius 3 is 2.60 bits per heavy atom. The number of aromatic nitrogens is 2. The fourth-order valence-corrected chi connectivity index (χ4v) is 4.21. The monoisotopic (exact) mass is 349 g/mol. The van der Waals surface area contributed by atoms with Crippen LogP contribution in [0.25, 0.3) is 11.0 Å². The average molecular weight is 349 g/mol. The molecule has 0 bridgehead atoms. The number of thioether (sulfide) groups is 1. The Labute approximate surface area is 151 Å². The van der Waals surface area contributed by atoms with Crippen LogP contribution >= 0.6 is 11.8 Å². The van der Waals surface area contributed by atoms with E-state index in [-0.39, 0.29) is 5.91 Å². The summed E-state index contributed by atoms with van der Waals surface area (Å²) < 4.78 is 0. The highest BCUT2D eigenvalue weighted by molar-refractivity contribution is 8.00. The number of anilines is 1. The number of fused-ring (bicyclic) bond motifs is 2. The summed E-state index contributed by atoms with van der Waals surface area (Å²) in [5.41, 5.74) is 5.04. The van der Waals surface area contributed by atoms with E-state index in [2.05, 4.69) is 23.0 Å². The lowest BCUT2D eigenvalue weighted by Crippen LogP contribution is -2.38. The zero-order valence-corrected chi connectivity index (χ0v) is 15.3. The lowest BCUT2D eigenvalue weighted by atomic mass is 10.1. The largest absolute Gasteiger partial charge is 0.306 e. The van der Waals surface area contributed by atoms with Crippen molar-refractivity contribution in [2.45, 2.75) is 30.9 Å². The molecule has 1 atom stereocenters. The Hall–Kier alpha value is -2.40. The Bertz CT molecular complexity index is 986. The van der Waals surface area contributed by atoms with Gasteiger partial charge in [-0.15, -0.1) is 11.8 Å². The maximum Gasteiger partial charge on any atom is 0.258 e. The molecule has 1 aliphatic heterocycles. The molecule has 4 rings (SSSR count). The molecule has 4 nitrogen and oxygen atoms in total. The number of carbonyl (C=O) groups is 1. The van der Waals surface area contributed by atoms with Crippen LogP contribution in [0, 0.1) is 13.8 Å². The van der Waals surface area contributed by atoms with Crippen molar-refractivity contribution in [1.82, 2.24) is 9.97 Å². The van der Waals surface area contributed by atoms with Crippen LogP contribution in [0.4, 0.5) is 5.69 Å². The Morgan fingerprint density at radius 2 is 1.80 bits per heavy atom. The second kappa shape index (κ2) is 6.15. The van der Waals surface area contributed by atoms with Gasteiger partial charge in [-0.1, -0.05) is 19.1 Å². The SMILES string of the molecule is Cc1nc2ccc(C(=O)N3CC(C)Sc4ccccc43)cc2nc1C. The first-order chi connectivity index (χ1) is 12.0. The molecule has 0 fully saturated rings. The van der Waals surface area contributed by atoms with E-state index >= 15 is 0 Å². The lowest BCUT2D eigenvalue weighted by Gasteiger charge is -2.32. The maximum absolute atomic E-state index is 13.2. The number of amides is 1. The molecular formula is C20H19N3OS. The minimum absolute atomic E-state index is 0.0153. The van der Waals surface area contributed by atoms with Gasteiger partial charge < -0.3 is 4.90 Å². The molecule has 0 N–H and O–H groups in total. The number of carbonyl (C=O) groups excluding carboxylic acids is 1. The Balaban J connectivity index is 1.76. The summed E-state index contributed by atoms with van der Waals surface area (Å²) >= 11 is 1.82. The van der Waals surface area contributed by atoms with Crippen molar-refractivity contribution in [2.75, 3.05) is 11.4 Å². The molecule has 0 spiro atoms. The third kappa shape index (κ3) is 2.89. The molecule has 0 aliphatic carbocycles. The van der Waals surface area contributed by atoms with Gasteiger partial charge in [0.05, 0.1) is 28.1 Å². The number of aryl methyl sites for hydroxylation is 2. The molecule has 1 unspecified atom stereocenters. The predicted octanol–water partition coefficient (Wildman–Crippen LogP) is 4.39. The van der Waals surface area contributed by atoms with Gasteiger partial charge in [0, 0.05) is 22.3 Å². The fraction of sp³-hybridized carbons (Fsp3) is 0.250. The van der Waals surface area contributed by atoms with Crippen LogP contribution in [0.3, 0.4) is 0 Å². The number of hydrogen-bond acceptors (Lipinski definition) is 4. The molecule has 1 aromatic heterocycles. The highest BCUT2D eigenvalue weighted by Crippen LogP contribution is 2.38. The number of para-hydroxylation sites is 1. The smallest absolute Gasteiger partial charge is 0.258 e. The summed E-state index contributed by atoms with van der Waals surface area (Å²) in [5.74, 6) is 0.0153. The van der Waals surface area contributed by atoms with Crippen molar-refractivity contribution in [3.8, 4) is 0 Å². The highest BCUT2D eigenvalue weighted by atomic mass is 32.2. The van der Waals surface area contributed by atoms with Gasteiger partial charge >= 0.3 is 0 Å². The quantitative estimate of drug-likeness (QED) is 0.654. The summed E-state index contributed by atoms with van der Waals surface area (Å²) in [6.45, 7) is 6.75. The maximum atomic E-state index is 13.2. The minimum Gasteiger partial charge on any atom is -0.306 e. The molecule has 1 aliphatic rings. The van der Waals surface area contributed by atoms with E-state index in [0.29, 0.717) is 17.4 Å². The zero-order chi connectivity index (χ0) is 17.6.